The lowest BCUT2D eigenvalue weighted by molar-refractivity contribution is -0.112. The largest absolute Gasteiger partial charge is 0.321 e. The van der Waals surface area contributed by atoms with Crippen LogP contribution in [0.15, 0.2) is 42.0 Å². The van der Waals surface area contributed by atoms with Crippen molar-refractivity contribution >= 4 is 17.7 Å². The van der Waals surface area contributed by atoms with Gasteiger partial charge in [0.15, 0.2) is 0 Å². The Balaban J connectivity index is 2.33. The fourth-order valence-electron chi connectivity index (χ4n) is 2.63. The van der Waals surface area contributed by atoms with Gasteiger partial charge in [0.25, 0.3) is 5.91 Å². The minimum absolute atomic E-state index is 0.0987. The molecule has 0 unspecified atom stereocenters. The van der Waals surface area contributed by atoms with Gasteiger partial charge < -0.3 is 5.32 Å². The predicted octanol–water partition coefficient (Wildman–Crippen LogP) is 4.47. The van der Waals surface area contributed by atoms with Gasteiger partial charge >= 0.3 is 0 Å². The third-order valence-electron chi connectivity index (χ3n) is 3.67. The van der Waals surface area contributed by atoms with Gasteiger partial charge in [-0.25, -0.2) is 0 Å². The predicted molar refractivity (Wildman–Crippen MR) is 94.1 cm³/mol. The highest BCUT2D eigenvalue weighted by Gasteiger charge is 2.11. The van der Waals surface area contributed by atoms with Crippen molar-refractivity contribution in [2.75, 3.05) is 5.32 Å². The van der Waals surface area contributed by atoms with Crippen LogP contribution in [0.4, 0.5) is 5.69 Å². The number of nitrogens with one attached hydrogen (secondary N) is 1. The Bertz CT molecular complexity index is 803. The van der Waals surface area contributed by atoms with Crippen molar-refractivity contribution in [3.05, 3.63) is 69.8 Å². The van der Waals surface area contributed by atoms with Gasteiger partial charge in [-0.1, -0.05) is 29.8 Å². The Labute approximate surface area is 137 Å². The highest BCUT2D eigenvalue weighted by Crippen LogP contribution is 2.20. The maximum atomic E-state index is 12.3. The van der Waals surface area contributed by atoms with Crippen LogP contribution in [0.1, 0.15) is 27.8 Å². The van der Waals surface area contributed by atoms with Crippen LogP contribution in [0.3, 0.4) is 0 Å². The molecule has 1 N–H and O–H groups in total. The summed E-state index contributed by atoms with van der Waals surface area (Å²) in [6.45, 7) is 7.96. The monoisotopic (exact) mass is 304 g/mol. The van der Waals surface area contributed by atoms with E-state index in [1.807, 2.05) is 70.2 Å². The molecule has 0 bridgehead atoms. The molecular formula is C20H20N2O. The van der Waals surface area contributed by atoms with Crippen molar-refractivity contribution in [3.63, 3.8) is 0 Å². The summed E-state index contributed by atoms with van der Waals surface area (Å²) >= 11 is 0. The molecule has 0 heterocycles. The van der Waals surface area contributed by atoms with E-state index >= 15 is 0 Å². The first-order valence-electron chi connectivity index (χ1n) is 7.48. The molecule has 0 spiro atoms. The van der Waals surface area contributed by atoms with Crippen LogP contribution >= 0.6 is 0 Å². The molecule has 3 heteroatoms. The minimum Gasteiger partial charge on any atom is -0.321 e. The molecule has 0 atom stereocenters. The topological polar surface area (TPSA) is 52.9 Å². The molecule has 23 heavy (non-hydrogen) atoms. The number of rotatable bonds is 3. The van der Waals surface area contributed by atoms with E-state index in [1.165, 1.54) is 5.56 Å². The number of hydrogen-bond donors (Lipinski definition) is 1. The summed E-state index contributed by atoms with van der Waals surface area (Å²) < 4.78 is 0. The molecule has 3 nitrogen and oxygen atoms in total. The van der Waals surface area contributed by atoms with Crippen LogP contribution < -0.4 is 5.32 Å². The van der Waals surface area contributed by atoms with E-state index in [9.17, 15) is 10.1 Å². The van der Waals surface area contributed by atoms with E-state index in [0.717, 1.165) is 22.3 Å². The van der Waals surface area contributed by atoms with E-state index in [-0.39, 0.29) is 5.57 Å². The van der Waals surface area contributed by atoms with Crippen LogP contribution in [0.5, 0.6) is 0 Å². The van der Waals surface area contributed by atoms with Crippen LogP contribution in [-0.2, 0) is 4.79 Å². The number of hydrogen-bond acceptors (Lipinski definition) is 2. The van der Waals surface area contributed by atoms with Gasteiger partial charge in [0, 0.05) is 5.69 Å². The molecule has 0 aliphatic rings. The van der Waals surface area contributed by atoms with Crippen molar-refractivity contribution < 1.29 is 4.79 Å². The molecule has 2 aromatic carbocycles. The van der Waals surface area contributed by atoms with Crippen molar-refractivity contribution in [1.82, 2.24) is 0 Å². The number of anilines is 1. The van der Waals surface area contributed by atoms with Gasteiger partial charge in [-0.2, -0.15) is 5.26 Å². The van der Waals surface area contributed by atoms with Crippen molar-refractivity contribution in [3.8, 4) is 6.07 Å². The Morgan fingerprint density at radius 3 is 2.26 bits per heavy atom. The van der Waals surface area contributed by atoms with Gasteiger partial charge in [0.05, 0.1) is 0 Å². The third-order valence-corrected chi connectivity index (χ3v) is 3.67. The van der Waals surface area contributed by atoms with E-state index in [0.29, 0.717) is 5.69 Å². The third kappa shape index (κ3) is 4.08. The second-order valence-corrected chi connectivity index (χ2v) is 5.81. The van der Waals surface area contributed by atoms with Crippen molar-refractivity contribution in [1.29, 1.82) is 5.26 Å². The fraction of sp³-hybridized carbons (Fsp3) is 0.200. The maximum absolute atomic E-state index is 12.3. The number of aryl methyl sites for hydroxylation is 4. The molecule has 0 saturated heterocycles. The first kappa shape index (κ1) is 16.5. The normalized spacial score (nSPS) is 11.0. The standard InChI is InChI=1S/C20H20N2O/c1-13-6-5-7-18(10-13)22-20(23)17(12-21)11-19-15(3)8-14(2)9-16(19)4/h5-11H,1-4H3,(H,22,23)/b17-11-. The molecule has 0 aliphatic heterocycles. The molecule has 2 rings (SSSR count). The molecule has 0 saturated carbocycles. The Kier molecular flexibility index (Phi) is 4.98. The van der Waals surface area contributed by atoms with Gasteiger partial charge in [-0.15, -0.1) is 0 Å². The van der Waals surface area contributed by atoms with Gasteiger partial charge in [-0.3, -0.25) is 4.79 Å². The summed E-state index contributed by atoms with van der Waals surface area (Å²) in [7, 11) is 0. The zero-order valence-electron chi connectivity index (χ0n) is 13.9. The average molecular weight is 304 g/mol. The van der Waals surface area contributed by atoms with Crippen LogP contribution in [0.2, 0.25) is 0 Å². The van der Waals surface area contributed by atoms with Crippen molar-refractivity contribution in [2.24, 2.45) is 0 Å². The Morgan fingerprint density at radius 1 is 1.04 bits per heavy atom. The number of benzene rings is 2. The summed E-state index contributed by atoms with van der Waals surface area (Å²) in [4.78, 5) is 12.3. The lowest BCUT2D eigenvalue weighted by atomic mass is 9.98. The Morgan fingerprint density at radius 2 is 1.70 bits per heavy atom. The quantitative estimate of drug-likeness (QED) is 0.672. The summed E-state index contributed by atoms with van der Waals surface area (Å²) in [5.74, 6) is -0.391. The van der Waals surface area contributed by atoms with E-state index in [1.54, 1.807) is 6.08 Å². The van der Waals surface area contributed by atoms with Crippen molar-refractivity contribution in [2.45, 2.75) is 27.7 Å². The second-order valence-electron chi connectivity index (χ2n) is 5.81. The fourth-order valence-corrected chi connectivity index (χ4v) is 2.63. The number of nitriles is 1. The molecule has 116 valence electrons. The number of amides is 1. The summed E-state index contributed by atoms with van der Waals surface area (Å²) in [6, 6.07) is 13.6. The summed E-state index contributed by atoms with van der Waals surface area (Å²) in [5, 5.41) is 12.1. The van der Waals surface area contributed by atoms with Crippen LogP contribution in [0, 0.1) is 39.0 Å². The van der Waals surface area contributed by atoms with Crippen LogP contribution in [0.25, 0.3) is 6.08 Å². The molecule has 0 radical (unpaired) electrons. The lowest BCUT2D eigenvalue weighted by Crippen LogP contribution is -2.13. The molecule has 2 aromatic rings. The lowest BCUT2D eigenvalue weighted by Gasteiger charge is -2.09. The number of carbonyl (C=O) groups excluding carboxylic acids is 1. The van der Waals surface area contributed by atoms with Gasteiger partial charge in [-0.05, 0) is 68.2 Å². The summed E-state index contributed by atoms with van der Waals surface area (Å²) in [6.07, 6.45) is 1.66. The second kappa shape index (κ2) is 6.93. The molecule has 0 fully saturated rings. The first-order chi connectivity index (χ1) is 10.9. The number of nitrogens with zero attached hydrogens (tertiary/aromatic N) is 1. The van der Waals surface area contributed by atoms with E-state index < -0.39 is 5.91 Å². The highest BCUT2D eigenvalue weighted by atomic mass is 16.1. The smallest absolute Gasteiger partial charge is 0.266 e. The Hall–Kier alpha value is -2.86. The molecule has 1 amide bonds. The zero-order valence-corrected chi connectivity index (χ0v) is 13.9. The summed E-state index contributed by atoms with van der Waals surface area (Å²) in [5.41, 5.74) is 6.04. The zero-order chi connectivity index (χ0) is 17.0. The SMILES string of the molecule is Cc1cccc(NC(=O)/C(C#N)=C\c2c(C)cc(C)cc2C)c1. The van der Waals surface area contributed by atoms with Gasteiger partial charge in [0.1, 0.15) is 11.6 Å². The number of carbonyl (C=O) groups is 1. The minimum atomic E-state index is -0.391. The van der Waals surface area contributed by atoms with E-state index in [2.05, 4.69) is 5.32 Å². The highest BCUT2D eigenvalue weighted by molar-refractivity contribution is 6.09. The average Bonchev–Trinajstić information content (AvgIpc) is 2.46. The first-order valence-corrected chi connectivity index (χ1v) is 7.48. The van der Waals surface area contributed by atoms with E-state index in [4.69, 9.17) is 0 Å². The molecule has 0 aliphatic carbocycles. The maximum Gasteiger partial charge on any atom is 0.266 e. The molecular weight excluding hydrogens is 284 g/mol. The van der Waals surface area contributed by atoms with Gasteiger partial charge in [0.2, 0.25) is 0 Å². The molecule has 0 aromatic heterocycles. The van der Waals surface area contributed by atoms with Crippen LogP contribution in [-0.4, -0.2) is 5.91 Å².